The van der Waals surface area contributed by atoms with Crippen molar-refractivity contribution in [2.24, 2.45) is 0 Å². The zero-order chi connectivity index (χ0) is 13.5. The van der Waals surface area contributed by atoms with Crippen molar-refractivity contribution >= 4 is 23.3 Å². The Morgan fingerprint density at radius 2 is 2.22 bits per heavy atom. The van der Waals surface area contributed by atoms with Crippen LogP contribution in [0.4, 0.5) is 4.79 Å². The van der Waals surface area contributed by atoms with E-state index < -0.39 is 12.0 Å². The molecular formula is C11H17N3O3S. The number of hydrogen-bond donors (Lipinski definition) is 3. The first-order valence-electron chi connectivity index (χ1n) is 5.64. The van der Waals surface area contributed by atoms with Gasteiger partial charge in [0.05, 0.1) is 11.4 Å². The fraction of sp³-hybridized carbons (Fsp3) is 0.545. The Balaban J connectivity index is 2.26. The maximum atomic E-state index is 11.5. The van der Waals surface area contributed by atoms with Crippen molar-refractivity contribution in [2.75, 3.05) is 6.54 Å². The smallest absolute Gasteiger partial charge is 0.315 e. The molecule has 0 spiro atoms. The summed E-state index contributed by atoms with van der Waals surface area (Å²) in [6.07, 6.45) is 1.64. The standard InChI is InChI=1S/C11H17N3O3S/c1-7(10-12-3-4-18-10)6-13-11(17)14-8(2)5-9(15)16/h3-4,7-8H,5-6H2,1-2H3,(H,15,16)(H2,13,14,17). The van der Waals surface area contributed by atoms with Gasteiger partial charge in [0.15, 0.2) is 0 Å². The van der Waals surface area contributed by atoms with Crippen molar-refractivity contribution in [3.8, 4) is 0 Å². The van der Waals surface area contributed by atoms with Gasteiger partial charge < -0.3 is 15.7 Å². The number of aliphatic carboxylic acids is 1. The first kappa shape index (κ1) is 14.4. The molecular weight excluding hydrogens is 254 g/mol. The average Bonchev–Trinajstić information content (AvgIpc) is 2.77. The quantitative estimate of drug-likeness (QED) is 0.729. The summed E-state index contributed by atoms with van der Waals surface area (Å²) in [5, 5.41) is 16.7. The molecule has 0 aliphatic carbocycles. The molecule has 0 aromatic carbocycles. The van der Waals surface area contributed by atoms with Crippen molar-refractivity contribution in [1.29, 1.82) is 0 Å². The van der Waals surface area contributed by atoms with Crippen LogP contribution >= 0.6 is 11.3 Å². The molecule has 3 N–H and O–H groups in total. The molecule has 1 heterocycles. The van der Waals surface area contributed by atoms with Crippen molar-refractivity contribution in [2.45, 2.75) is 32.2 Å². The topological polar surface area (TPSA) is 91.3 Å². The fourth-order valence-electron chi connectivity index (χ4n) is 1.40. The maximum Gasteiger partial charge on any atom is 0.315 e. The summed E-state index contributed by atoms with van der Waals surface area (Å²) < 4.78 is 0. The van der Waals surface area contributed by atoms with Crippen molar-refractivity contribution in [1.82, 2.24) is 15.6 Å². The van der Waals surface area contributed by atoms with Crippen LogP contribution < -0.4 is 10.6 Å². The summed E-state index contributed by atoms with van der Waals surface area (Å²) in [4.78, 5) is 26.1. The van der Waals surface area contributed by atoms with Crippen molar-refractivity contribution < 1.29 is 14.7 Å². The van der Waals surface area contributed by atoms with Gasteiger partial charge in [0.1, 0.15) is 0 Å². The van der Waals surface area contributed by atoms with E-state index in [0.717, 1.165) is 5.01 Å². The summed E-state index contributed by atoms with van der Waals surface area (Å²) in [5.41, 5.74) is 0. The highest BCUT2D eigenvalue weighted by Gasteiger charge is 2.13. The van der Waals surface area contributed by atoms with E-state index in [4.69, 9.17) is 5.11 Å². The molecule has 1 rings (SSSR count). The number of nitrogens with one attached hydrogen (secondary N) is 2. The van der Waals surface area contributed by atoms with Gasteiger partial charge in [-0.05, 0) is 6.92 Å². The van der Waals surface area contributed by atoms with Crippen LogP contribution in [0.2, 0.25) is 0 Å². The minimum atomic E-state index is -0.932. The number of thiazole rings is 1. The fourth-order valence-corrected chi connectivity index (χ4v) is 2.10. The number of hydrogen-bond acceptors (Lipinski definition) is 4. The van der Waals surface area contributed by atoms with Crippen LogP contribution in [0.5, 0.6) is 0 Å². The Hall–Kier alpha value is -1.63. The number of carboxylic acids is 1. The molecule has 7 heteroatoms. The third kappa shape index (κ3) is 5.13. The molecule has 18 heavy (non-hydrogen) atoms. The number of carboxylic acid groups (broad SMARTS) is 1. The Labute approximate surface area is 109 Å². The number of carbonyl (C=O) groups excluding carboxylic acids is 1. The van der Waals surface area contributed by atoms with Gasteiger partial charge in [-0.25, -0.2) is 9.78 Å². The van der Waals surface area contributed by atoms with E-state index in [1.807, 2.05) is 12.3 Å². The summed E-state index contributed by atoms with van der Waals surface area (Å²) >= 11 is 1.54. The van der Waals surface area contributed by atoms with Crippen LogP contribution in [0.1, 0.15) is 31.2 Å². The number of aromatic nitrogens is 1. The van der Waals surface area contributed by atoms with E-state index in [0.29, 0.717) is 6.54 Å². The van der Waals surface area contributed by atoms with Crippen LogP contribution in [-0.4, -0.2) is 34.7 Å². The summed E-state index contributed by atoms with van der Waals surface area (Å²) in [6.45, 7) is 4.09. The molecule has 1 aromatic heterocycles. The van der Waals surface area contributed by atoms with Gasteiger partial charge in [-0.1, -0.05) is 6.92 Å². The van der Waals surface area contributed by atoms with Gasteiger partial charge >= 0.3 is 12.0 Å². The van der Waals surface area contributed by atoms with Crippen LogP contribution in [0.15, 0.2) is 11.6 Å². The molecule has 100 valence electrons. The molecule has 0 fully saturated rings. The molecule has 2 amide bonds. The molecule has 0 aliphatic heterocycles. The first-order valence-corrected chi connectivity index (χ1v) is 6.52. The number of nitrogens with zero attached hydrogens (tertiary/aromatic N) is 1. The molecule has 0 bridgehead atoms. The van der Waals surface area contributed by atoms with Gasteiger partial charge in [0.25, 0.3) is 0 Å². The SMILES string of the molecule is CC(CC(=O)O)NC(=O)NCC(C)c1nccs1. The van der Waals surface area contributed by atoms with Crippen LogP contribution in [-0.2, 0) is 4.79 Å². The largest absolute Gasteiger partial charge is 0.481 e. The lowest BCUT2D eigenvalue weighted by Gasteiger charge is -2.14. The monoisotopic (exact) mass is 271 g/mol. The van der Waals surface area contributed by atoms with E-state index in [9.17, 15) is 9.59 Å². The minimum absolute atomic E-state index is 0.0878. The second-order valence-electron chi connectivity index (χ2n) is 4.12. The lowest BCUT2D eigenvalue weighted by molar-refractivity contribution is -0.137. The predicted octanol–water partition coefficient (Wildman–Crippen LogP) is 1.41. The molecule has 0 aliphatic rings. The molecule has 2 unspecified atom stereocenters. The van der Waals surface area contributed by atoms with Crippen LogP contribution in [0.25, 0.3) is 0 Å². The molecule has 0 saturated heterocycles. The second kappa shape index (κ2) is 6.95. The van der Waals surface area contributed by atoms with Gasteiger partial charge in [0.2, 0.25) is 0 Å². The lowest BCUT2D eigenvalue weighted by Crippen LogP contribution is -2.42. The van der Waals surface area contributed by atoms with Gasteiger partial charge in [-0.15, -0.1) is 11.3 Å². The molecule has 0 saturated carbocycles. The highest BCUT2D eigenvalue weighted by Crippen LogP contribution is 2.16. The lowest BCUT2D eigenvalue weighted by atomic mass is 10.2. The zero-order valence-corrected chi connectivity index (χ0v) is 11.2. The summed E-state index contributed by atoms with van der Waals surface area (Å²) in [6, 6.07) is -0.746. The number of carbonyl (C=O) groups is 2. The summed E-state index contributed by atoms with van der Waals surface area (Å²) in [5.74, 6) is -0.788. The van der Waals surface area contributed by atoms with Gasteiger partial charge in [-0.2, -0.15) is 0 Å². The molecule has 1 aromatic rings. The number of rotatable bonds is 6. The van der Waals surface area contributed by atoms with E-state index in [1.54, 1.807) is 24.5 Å². The Morgan fingerprint density at radius 3 is 2.78 bits per heavy atom. The number of urea groups is 1. The Bertz CT molecular complexity index is 394. The minimum Gasteiger partial charge on any atom is -0.481 e. The number of amides is 2. The van der Waals surface area contributed by atoms with E-state index in [1.165, 1.54) is 0 Å². The molecule has 0 radical (unpaired) electrons. The van der Waals surface area contributed by atoms with Crippen LogP contribution in [0.3, 0.4) is 0 Å². The maximum absolute atomic E-state index is 11.5. The highest BCUT2D eigenvalue weighted by atomic mass is 32.1. The van der Waals surface area contributed by atoms with Crippen LogP contribution in [0, 0.1) is 0 Å². The summed E-state index contributed by atoms with van der Waals surface area (Å²) in [7, 11) is 0. The van der Waals surface area contributed by atoms with Crippen molar-refractivity contribution in [3.63, 3.8) is 0 Å². The van der Waals surface area contributed by atoms with Gasteiger partial charge in [0, 0.05) is 30.1 Å². The zero-order valence-electron chi connectivity index (χ0n) is 10.3. The third-order valence-electron chi connectivity index (χ3n) is 2.30. The highest BCUT2D eigenvalue weighted by molar-refractivity contribution is 7.09. The van der Waals surface area contributed by atoms with E-state index in [2.05, 4.69) is 15.6 Å². The van der Waals surface area contributed by atoms with Gasteiger partial charge in [-0.3, -0.25) is 4.79 Å². The van der Waals surface area contributed by atoms with Crippen molar-refractivity contribution in [3.05, 3.63) is 16.6 Å². The Morgan fingerprint density at radius 1 is 1.50 bits per heavy atom. The van der Waals surface area contributed by atoms with E-state index in [-0.39, 0.29) is 18.4 Å². The Kier molecular flexibility index (Phi) is 5.57. The normalized spacial score (nSPS) is 13.7. The molecule has 6 nitrogen and oxygen atoms in total. The second-order valence-corrected chi connectivity index (χ2v) is 5.05. The third-order valence-corrected chi connectivity index (χ3v) is 3.31. The molecule has 2 atom stereocenters. The van der Waals surface area contributed by atoms with E-state index >= 15 is 0 Å². The first-order chi connectivity index (χ1) is 8.49. The predicted molar refractivity (Wildman–Crippen MR) is 68.8 cm³/mol. The average molecular weight is 271 g/mol.